The molecule has 1 aromatic carbocycles. The summed E-state index contributed by atoms with van der Waals surface area (Å²) >= 11 is 0. The largest absolute Gasteiger partial charge is 0.289 e. The summed E-state index contributed by atoms with van der Waals surface area (Å²) < 4.78 is 0. The van der Waals surface area contributed by atoms with Crippen LogP contribution in [-0.2, 0) is 5.41 Å². The van der Waals surface area contributed by atoms with E-state index in [1.165, 1.54) is 11.6 Å². The van der Waals surface area contributed by atoms with Crippen molar-refractivity contribution >= 4 is 5.78 Å². The SMILES string of the molecule is C=CC(=O)c1ccc(C(C)(C)CC)cc1. The predicted octanol–water partition coefficient (Wildman–Crippen LogP) is 3.74. The lowest BCUT2D eigenvalue weighted by Crippen LogP contribution is -2.15. The third-order valence-corrected chi connectivity index (χ3v) is 3.02. The number of hydrogen-bond donors (Lipinski definition) is 0. The molecule has 0 amide bonds. The second-order valence-electron chi connectivity index (χ2n) is 4.38. The van der Waals surface area contributed by atoms with Crippen molar-refractivity contribution in [2.24, 2.45) is 0 Å². The average molecular weight is 202 g/mol. The van der Waals surface area contributed by atoms with E-state index in [2.05, 4.69) is 27.4 Å². The van der Waals surface area contributed by atoms with Crippen molar-refractivity contribution in [2.45, 2.75) is 32.6 Å². The molecule has 0 aliphatic heterocycles. The number of carbonyl (C=O) groups is 1. The highest BCUT2D eigenvalue weighted by Gasteiger charge is 2.17. The molecule has 0 atom stereocenters. The van der Waals surface area contributed by atoms with Crippen LogP contribution < -0.4 is 0 Å². The van der Waals surface area contributed by atoms with Crippen molar-refractivity contribution in [3.05, 3.63) is 48.0 Å². The molecule has 0 radical (unpaired) electrons. The molecule has 80 valence electrons. The summed E-state index contributed by atoms with van der Waals surface area (Å²) in [5.74, 6) is -0.0177. The highest BCUT2D eigenvalue weighted by atomic mass is 16.1. The summed E-state index contributed by atoms with van der Waals surface area (Å²) in [4.78, 5) is 11.3. The van der Waals surface area contributed by atoms with Crippen LogP contribution >= 0.6 is 0 Å². The Morgan fingerprint density at radius 1 is 1.33 bits per heavy atom. The van der Waals surface area contributed by atoms with Gasteiger partial charge in [0.1, 0.15) is 0 Å². The van der Waals surface area contributed by atoms with Gasteiger partial charge >= 0.3 is 0 Å². The lowest BCUT2D eigenvalue weighted by atomic mass is 9.82. The molecule has 1 nitrogen and oxygen atoms in total. The number of ketones is 1. The Kier molecular flexibility index (Phi) is 3.46. The van der Waals surface area contributed by atoms with Crippen LogP contribution in [-0.4, -0.2) is 5.78 Å². The Morgan fingerprint density at radius 2 is 1.87 bits per heavy atom. The van der Waals surface area contributed by atoms with Gasteiger partial charge in [0.05, 0.1) is 0 Å². The zero-order valence-corrected chi connectivity index (χ0v) is 9.71. The first kappa shape index (κ1) is 11.7. The van der Waals surface area contributed by atoms with E-state index in [1.807, 2.05) is 24.3 Å². The number of hydrogen-bond acceptors (Lipinski definition) is 1. The lowest BCUT2D eigenvalue weighted by molar-refractivity contribution is 0.104. The monoisotopic (exact) mass is 202 g/mol. The highest BCUT2D eigenvalue weighted by molar-refractivity contribution is 6.04. The highest BCUT2D eigenvalue weighted by Crippen LogP contribution is 2.26. The Labute approximate surface area is 91.8 Å². The molecule has 0 N–H and O–H groups in total. The molecule has 0 bridgehead atoms. The van der Waals surface area contributed by atoms with Gasteiger partial charge in [0.2, 0.25) is 0 Å². The van der Waals surface area contributed by atoms with Crippen LogP contribution in [0.15, 0.2) is 36.9 Å². The second kappa shape index (κ2) is 4.43. The van der Waals surface area contributed by atoms with Gasteiger partial charge in [-0.3, -0.25) is 4.79 Å². The van der Waals surface area contributed by atoms with E-state index in [9.17, 15) is 4.79 Å². The van der Waals surface area contributed by atoms with Crippen LogP contribution in [0.2, 0.25) is 0 Å². The van der Waals surface area contributed by atoms with Gasteiger partial charge in [-0.05, 0) is 23.5 Å². The first-order valence-corrected chi connectivity index (χ1v) is 5.28. The third-order valence-electron chi connectivity index (χ3n) is 3.02. The molecule has 0 fully saturated rings. The van der Waals surface area contributed by atoms with Gasteiger partial charge in [0, 0.05) is 5.56 Å². The molecule has 0 heterocycles. The molecule has 0 unspecified atom stereocenters. The Morgan fingerprint density at radius 3 is 2.27 bits per heavy atom. The quantitative estimate of drug-likeness (QED) is 0.537. The topological polar surface area (TPSA) is 17.1 Å². The Hall–Kier alpha value is -1.37. The molecule has 1 heteroatoms. The van der Waals surface area contributed by atoms with Crippen molar-refractivity contribution in [2.75, 3.05) is 0 Å². The average Bonchev–Trinajstić information content (AvgIpc) is 2.28. The second-order valence-corrected chi connectivity index (χ2v) is 4.38. The zero-order chi connectivity index (χ0) is 11.5. The van der Waals surface area contributed by atoms with E-state index in [1.54, 1.807) is 0 Å². The maximum Gasteiger partial charge on any atom is 0.185 e. The fraction of sp³-hybridized carbons (Fsp3) is 0.357. The van der Waals surface area contributed by atoms with Crippen molar-refractivity contribution in [1.29, 1.82) is 0 Å². The van der Waals surface area contributed by atoms with Gasteiger partial charge < -0.3 is 0 Å². The summed E-state index contributed by atoms with van der Waals surface area (Å²) in [7, 11) is 0. The minimum Gasteiger partial charge on any atom is -0.289 e. The minimum absolute atomic E-state index is 0.0177. The van der Waals surface area contributed by atoms with Gasteiger partial charge in [-0.1, -0.05) is 51.6 Å². The normalized spacial score (nSPS) is 11.1. The molecule has 1 rings (SSSR count). The fourth-order valence-corrected chi connectivity index (χ4v) is 1.41. The van der Waals surface area contributed by atoms with Crippen LogP contribution in [0.4, 0.5) is 0 Å². The van der Waals surface area contributed by atoms with E-state index in [-0.39, 0.29) is 11.2 Å². The molecule has 0 saturated heterocycles. The van der Waals surface area contributed by atoms with Crippen molar-refractivity contribution in [3.63, 3.8) is 0 Å². The molecular weight excluding hydrogens is 184 g/mol. The number of rotatable bonds is 4. The smallest absolute Gasteiger partial charge is 0.185 e. The molecule has 1 aromatic rings. The van der Waals surface area contributed by atoms with E-state index >= 15 is 0 Å². The Bertz CT molecular complexity index is 357. The standard InChI is InChI=1S/C14H18O/c1-5-13(15)11-7-9-12(10-8-11)14(3,4)6-2/h5,7-10H,1,6H2,2-4H3. The summed E-state index contributed by atoms with van der Waals surface area (Å²) in [5.41, 5.74) is 2.15. The number of carbonyl (C=O) groups excluding carboxylic acids is 1. The van der Waals surface area contributed by atoms with Gasteiger partial charge in [-0.25, -0.2) is 0 Å². The van der Waals surface area contributed by atoms with Crippen LogP contribution in [0.1, 0.15) is 43.1 Å². The van der Waals surface area contributed by atoms with E-state index in [4.69, 9.17) is 0 Å². The molecule has 0 aromatic heterocycles. The number of benzene rings is 1. The summed E-state index contributed by atoms with van der Waals surface area (Å²) in [5, 5.41) is 0. The van der Waals surface area contributed by atoms with Crippen molar-refractivity contribution in [3.8, 4) is 0 Å². The summed E-state index contributed by atoms with van der Waals surface area (Å²) in [6.45, 7) is 10.1. The van der Waals surface area contributed by atoms with E-state index in [0.717, 1.165) is 6.42 Å². The maximum atomic E-state index is 11.3. The fourth-order valence-electron chi connectivity index (χ4n) is 1.41. The number of allylic oxidation sites excluding steroid dienone is 1. The van der Waals surface area contributed by atoms with Gasteiger partial charge in [-0.2, -0.15) is 0 Å². The molecular formula is C14H18O. The van der Waals surface area contributed by atoms with E-state index in [0.29, 0.717) is 5.56 Å². The van der Waals surface area contributed by atoms with E-state index < -0.39 is 0 Å². The first-order valence-electron chi connectivity index (χ1n) is 5.28. The third kappa shape index (κ3) is 2.56. The molecule has 0 aliphatic carbocycles. The molecule has 0 spiro atoms. The van der Waals surface area contributed by atoms with Crippen molar-refractivity contribution < 1.29 is 4.79 Å². The molecule has 0 aliphatic rings. The molecule has 0 saturated carbocycles. The Balaban J connectivity index is 3.00. The minimum atomic E-state index is -0.0177. The van der Waals surface area contributed by atoms with Crippen molar-refractivity contribution in [1.82, 2.24) is 0 Å². The van der Waals surface area contributed by atoms with Gasteiger partial charge in [0.25, 0.3) is 0 Å². The van der Waals surface area contributed by atoms with Crippen LogP contribution in [0.5, 0.6) is 0 Å². The van der Waals surface area contributed by atoms with Crippen LogP contribution in [0, 0.1) is 0 Å². The maximum absolute atomic E-state index is 11.3. The van der Waals surface area contributed by atoms with Crippen LogP contribution in [0.3, 0.4) is 0 Å². The van der Waals surface area contributed by atoms with Gasteiger partial charge in [-0.15, -0.1) is 0 Å². The van der Waals surface area contributed by atoms with Gasteiger partial charge in [0.15, 0.2) is 5.78 Å². The van der Waals surface area contributed by atoms with Crippen LogP contribution in [0.25, 0.3) is 0 Å². The zero-order valence-electron chi connectivity index (χ0n) is 9.71. The lowest BCUT2D eigenvalue weighted by Gasteiger charge is -2.23. The molecule has 15 heavy (non-hydrogen) atoms. The summed E-state index contributed by atoms with van der Waals surface area (Å²) in [6, 6.07) is 7.80. The predicted molar refractivity (Wildman–Crippen MR) is 64.3 cm³/mol. The first-order chi connectivity index (χ1) is 7.01. The summed E-state index contributed by atoms with van der Waals surface area (Å²) in [6.07, 6.45) is 2.43.